The first kappa shape index (κ1) is 19.7. The molecule has 0 bridgehead atoms. The number of halogens is 1. The van der Waals surface area contributed by atoms with E-state index in [-0.39, 0.29) is 17.9 Å². The zero-order valence-corrected chi connectivity index (χ0v) is 16.0. The van der Waals surface area contributed by atoms with Crippen LogP contribution in [0.1, 0.15) is 52.5 Å². The van der Waals surface area contributed by atoms with E-state index in [2.05, 4.69) is 21.2 Å². The van der Waals surface area contributed by atoms with Crippen LogP contribution in [0.3, 0.4) is 0 Å². The fourth-order valence-electron chi connectivity index (χ4n) is 2.24. The first-order chi connectivity index (χ1) is 10.9. The lowest BCUT2D eigenvalue weighted by Crippen LogP contribution is -2.49. The van der Waals surface area contributed by atoms with Gasteiger partial charge >= 0.3 is 0 Å². The number of benzene rings is 1. The molecule has 0 aliphatic heterocycles. The number of hydrogen-bond donors (Lipinski definition) is 1. The summed E-state index contributed by atoms with van der Waals surface area (Å²) in [5.41, 5.74) is 1.01. The molecule has 0 radical (unpaired) electrons. The molecule has 5 heteroatoms. The maximum atomic E-state index is 12.5. The molecule has 0 aliphatic carbocycles. The molecule has 1 N–H and O–H groups in total. The van der Waals surface area contributed by atoms with Crippen LogP contribution < -0.4 is 5.32 Å². The highest BCUT2D eigenvalue weighted by Gasteiger charge is 2.26. The minimum absolute atomic E-state index is 0.0132. The Morgan fingerprint density at radius 3 is 2.52 bits per heavy atom. The molecule has 1 aromatic carbocycles. The van der Waals surface area contributed by atoms with Gasteiger partial charge in [0.15, 0.2) is 0 Å². The summed E-state index contributed by atoms with van der Waals surface area (Å²) in [5, 5.41) is 2.96. The van der Waals surface area contributed by atoms with Crippen LogP contribution in [-0.4, -0.2) is 28.8 Å². The van der Waals surface area contributed by atoms with Crippen LogP contribution in [0, 0.1) is 0 Å². The van der Waals surface area contributed by atoms with Crippen LogP contribution >= 0.6 is 15.9 Å². The summed E-state index contributed by atoms with van der Waals surface area (Å²) < 4.78 is 0.967. The van der Waals surface area contributed by atoms with E-state index < -0.39 is 6.04 Å². The molecular formula is C18H27BrN2O2. The zero-order valence-electron chi connectivity index (χ0n) is 14.4. The fourth-order valence-corrected chi connectivity index (χ4v) is 2.68. The molecule has 4 nitrogen and oxygen atoms in total. The van der Waals surface area contributed by atoms with E-state index >= 15 is 0 Å². The normalized spacial score (nSPS) is 13.3. The van der Waals surface area contributed by atoms with E-state index in [1.807, 2.05) is 45.0 Å². The second-order valence-corrected chi connectivity index (χ2v) is 6.81. The topological polar surface area (TPSA) is 49.4 Å². The minimum atomic E-state index is -0.484. The second-order valence-electron chi connectivity index (χ2n) is 5.90. The van der Waals surface area contributed by atoms with Crippen molar-refractivity contribution >= 4 is 27.7 Å². The van der Waals surface area contributed by atoms with Crippen LogP contribution in [-0.2, 0) is 16.1 Å². The number of nitrogens with one attached hydrogen (secondary N) is 1. The third kappa shape index (κ3) is 6.34. The van der Waals surface area contributed by atoms with Crippen molar-refractivity contribution < 1.29 is 9.59 Å². The van der Waals surface area contributed by atoms with Crippen molar-refractivity contribution in [1.29, 1.82) is 0 Å². The van der Waals surface area contributed by atoms with Gasteiger partial charge in [-0.25, -0.2) is 0 Å². The van der Waals surface area contributed by atoms with E-state index in [4.69, 9.17) is 0 Å². The van der Waals surface area contributed by atoms with Gasteiger partial charge in [0.2, 0.25) is 11.8 Å². The Bertz CT molecular complexity index is 534. The highest BCUT2D eigenvalue weighted by Crippen LogP contribution is 2.16. The molecule has 0 aliphatic rings. The second kappa shape index (κ2) is 9.71. The summed E-state index contributed by atoms with van der Waals surface area (Å²) in [7, 11) is 0. The minimum Gasteiger partial charge on any atom is -0.352 e. The van der Waals surface area contributed by atoms with Crippen LogP contribution in [0.4, 0.5) is 0 Å². The number of carbonyl (C=O) groups excluding carboxylic acids is 2. The monoisotopic (exact) mass is 382 g/mol. The maximum Gasteiger partial charge on any atom is 0.242 e. The Morgan fingerprint density at radius 2 is 1.96 bits per heavy atom. The number of amides is 2. The summed E-state index contributed by atoms with van der Waals surface area (Å²) >= 11 is 3.45. The van der Waals surface area contributed by atoms with Gasteiger partial charge in [0.05, 0.1) is 0 Å². The summed E-state index contributed by atoms with van der Waals surface area (Å²) in [6, 6.07) is 7.45. The molecule has 0 spiro atoms. The summed E-state index contributed by atoms with van der Waals surface area (Å²) in [4.78, 5) is 26.5. The molecule has 23 heavy (non-hydrogen) atoms. The van der Waals surface area contributed by atoms with E-state index in [0.717, 1.165) is 22.9 Å². The molecule has 0 aromatic heterocycles. The number of rotatable bonds is 8. The first-order valence-corrected chi connectivity index (χ1v) is 9.02. The number of carbonyl (C=O) groups is 2. The molecule has 0 fully saturated rings. The molecule has 2 amide bonds. The highest BCUT2D eigenvalue weighted by atomic mass is 79.9. The van der Waals surface area contributed by atoms with Crippen molar-refractivity contribution in [1.82, 2.24) is 10.2 Å². The van der Waals surface area contributed by atoms with Crippen molar-refractivity contribution in [2.75, 3.05) is 0 Å². The summed E-state index contributed by atoms with van der Waals surface area (Å²) in [5.74, 6) is -0.0851. The number of nitrogens with zero attached hydrogens (tertiary/aromatic N) is 1. The third-order valence-electron chi connectivity index (χ3n) is 3.87. The largest absolute Gasteiger partial charge is 0.352 e. The average Bonchev–Trinajstić information content (AvgIpc) is 2.52. The van der Waals surface area contributed by atoms with E-state index in [1.165, 1.54) is 0 Å². The van der Waals surface area contributed by atoms with Crippen molar-refractivity contribution in [2.24, 2.45) is 0 Å². The fraction of sp³-hybridized carbons (Fsp3) is 0.556. The lowest BCUT2D eigenvalue weighted by Gasteiger charge is -2.29. The molecule has 128 valence electrons. The van der Waals surface area contributed by atoms with Crippen molar-refractivity contribution in [3.05, 3.63) is 34.3 Å². The van der Waals surface area contributed by atoms with Gasteiger partial charge in [0.25, 0.3) is 0 Å². The number of hydrogen-bond acceptors (Lipinski definition) is 2. The molecule has 0 saturated carbocycles. The van der Waals surface area contributed by atoms with Gasteiger partial charge in [-0.1, -0.05) is 41.9 Å². The van der Waals surface area contributed by atoms with Gasteiger partial charge in [-0.15, -0.1) is 0 Å². The van der Waals surface area contributed by atoms with Gasteiger partial charge < -0.3 is 10.2 Å². The SMILES string of the molecule is CCCC(=O)N(Cc1cccc(Br)c1)[C@H](C)C(=O)N[C@H](C)CC. The molecule has 0 heterocycles. The van der Waals surface area contributed by atoms with Gasteiger partial charge in [-0.2, -0.15) is 0 Å². The van der Waals surface area contributed by atoms with Crippen molar-refractivity contribution in [3.63, 3.8) is 0 Å². The third-order valence-corrected chi connectivity index (χ3v) is 4.37. The van der Waals surface area contributed by atoms with E-state index in [9.17, 15) is 9.59 Å². The molecule has 0 unspecified atom stereocenters. The summed E-state index contributed by atoms with van der Waals surface area (Å²) in [6.07, 6.45) is 2.09. The van der Waals surface area contributed by atoms with Crippen LogP contribution in [0.5, 0.6) is 0 Å². The van der Waals surface area contributed by atoms with Gasteiger partial charge in [-0.05, 0) is 44.4 Å². The van der Waals surface area contributed by atoms with Crippen LogP contribution in [0.25, 0.3) is 0 Å². The first-order valence-electron chi connectivity index (χ1n) is 8.23. The van der Waals surface area contributed by atoms with Crippen LogP contribution in [0.15, 0.2) is 28.7 Å². The predicted octanol–water partition coefficient (Wildman–Crippen LogP) is 3.88. The Morgan fingerprint density at radius 1 is 1.26 bits per heavy atom. The van der Waals surface area contributed by atoms with Gasteiger partial charge in [0, 0.05) is 23.5 Å². The standard InChI is InChI=1S/C18H27BrN2O2/c1-5-8-17(22)21(12-15-9-7-10-16(19)11-15)14(4)18(23)20-13(3)6-2/h7,9-11,13-14H,5-6,8,12H2,1-4H3,(H,20,23)/t13-,14-/m1/s1. The van der Waals surface area contributed by atoms with Gasteiger partial charge in [-0.3, -0.25) is 9.59 Å². The average molecular weight is 383 g/mol. The zero-order chi connectivity index (χ0) is 17.4. The highest BCUT2D eigenvalue weighted by molar-refractivity contribution is 9.10. The maximum absolute atomic E-state index is 12.5. The Kier molecular flexibility index (Phi) is 8.31. The molecule has 0 saturated heterocycles. The Hall–Kier alpha value is -1.36. The Balaban J connectivity index is 2.91. The van der Waals surface area contributed by atoms with Crippen LogP contribution in [0.2, 0.25) is 0 Å². The molecular weight excluding hydrogens is 356 g/mol. The Labute approximate surface area is 147 Å². The van der Waals surface area contributed by atoms with Crippen molar-refractivity contribution in [2.45, 2.75) is 65.6 Å². The lowest BCUT2D eigenvalue weighted by atomic mass is 10.1. The lowest BCUT2D eigenvalue weighted by molar-refractivity contribution is -0.140. The van der Waals surface area contributed by atoms with Crippen molar-refractivity contribution in [3.8, 4) is 0 Å². The molecule has 1 rings (SSSR count). The summed E-state index contributed by atoms with van der Waals surface area (Å²) in [6.45, 7) is 8.20. The smallest absolute Gasteiger partial charge is 0.242 e. The van der Waals surface area contributed by atoms with E-state index in [0.29, 0.717) is 13.0 Å². The van der Waals surface area contributed by atoms with Gasteiger partial charge in [0.1, 0.15) is 6.04 Å². The molecule has 1 aromatic rings. The predicted molar refractivity (Wildman–Crippen MR) is 97.0 cm³/mol. The molecule has 2 atom stereocenters. The van der Waals surface area contributed by atoms with E-state index in [1.54, 1.807) is 11.8 Å². The quantitative estimate of drug-likeness (QED) is 0.741.